The molecule has 1 rings (SSSR count). The Morgan fingerprint density at radius 1 is 1.22 bits per heavy atom. The van der Waals surface area contributed by atoms with Crippen molar-refractivity contribution in [3.8, 4) is 0 Å². The van der Waals surface area contributed by atoms with Gasteiger partial charge in [0.1, 0.15) is 6.04 Å². The second-order valence-corrected chi connectivity index (χ2v) is 6.74. The molecule has 5 heteroatoms. The summed E-state index contributed by atoms with van der Waals surface area (Å²) >= 11 is 1.60. The first-order chi connectivity index (χ1) is 11.0. The fraction of sp³-hybridized carbons (Fsp3) is 0.556. The number of aryl methyl sites for hydroxylation is 1. The van der Waals surface area contributed by atoms with Crippen LogP contribution in [-0.4, -0.2) is 41.6 Å². The number of amides is 2. The number of likely N-dealkylation sites (N-methyl/N-ethyl adjacent to an activating group) is 1. The number of rotatable bonds is 9. The molecule has 1 aromatic rings. The van der Waals surface area contributed by atoms with Gasteiger partial charge in [-0.1, -0.05) is 31.0 Å². The van der Waals surface area contributed by atoms with Crippen LogP contribution in [0, 0.1) is 6.92 Å². The molecular formula is C18H28N2O2S. The molecule has 1 atom stereocenters. The summed E-state index contributed by atoms with van der Waals surface area (Å²) in [6.45, 7) is 9.01. The summed E-state index contributed by atoms with van der Waals surface area (Å²) in [6.07, 6.45) is 2.03. The topological polar surface area (TPSA) is 49.4 Å². The van der Waals surface area contributed by atoms with Crippen molar-refractivity contribution in [2.45, 2.75) is 51.5 Å². The van der Waals surface area contributed by atoms with Gasteiger partial charge in [0.15, 0.2) is 0 Å². The zero-order valence-corrected chi connectivity index (χ0v) is 15.4. The molecule has 2 amide bonds. The summed E-state index contributed by atoms with van der Waals surface area (Å²) in [7, 11) is 0. The maximum atomic E-state index is 12.7. The van der Waals surface area contributed by atoms with Crippen molar-refractivity contribution < 1.29 is 9.59 Å². The molecule has 0 aliphatic rings. The molecule has 1 N–H and O–H groups in total. The second-order valence-electron chi connectivity index (χ2n) is 5.65. The summed E-state index contributed by atoms with van der Waals surface area (Å²) in [6, 6.07) is 7.72. The quantitative estimate of drug-likeness (QED) is 0.704. The van der Waals surface area contributed by atoms with E-state index in [-0.39, 0.29) is 11.8 Å². The maximum absolute atomic E-state index is 12.7. The fourth-order valence-electron chi connectivity index (χ4n) is 2.23. The summed E-state index contributed by atoms with van der Waals surface area (Å²) in [5.74, 6) is 0.388. The molecule has 0 heterocycles. The van der Waals surface area contributed by atoms with Crippen LogP contribution in [0.2, 0.25) is 0 Å². The van der Waals surface area contributed by atoms with Crippen LogP contribution >= 0.6 is 11.8 Å². The van der Waals surface area contributed by atoms with E-state index >= 15 is 0 Å². The Hall–Kier alpha value is -1.49. The highest BCUT2D eigenvalue weighted by Crippen LogP contribution is 2.20. The summed E-state index contributed by atoms with van der Waals surface area (Å²) in [5.41, 5.74) is 1.21. The Kier molecular flexibility index (Phi) is 8.77. The van der Waals surface area contributed by atoms with E-state index in [2.05, 4.69) is 24.4 Å². The van der Waals surface area contributed by atoms with Crippen LogP contribution in [0.5, 0.6) is 0 Å². The molecular weight excluding hydrogens is 308 g/mol. The van der Waals surface area contributed by atoms with Gasteiger partial charge in [-0.25, -0.2) is 0 Å². The Morgan fingerprint density at radius 2 is 1.87 bits per heavy atom. The lowest BCUT2D eigenvalue weighted by Crippen LogP contribution is -2.49. The van der Waals surface area contributed by atoms with Gasteiger partial charge in [-0.2, -0.15) is 0 Å². The molecule has 1 unspecified atom stereocenters. The highest BCUT2D eigenvalue weighted by Gasteiger charge is 2.24. The third-order valence-corrected chi connectivity index (χ3v) is 4.69. The van der Waals surface area contributed by atoms with Gasteiger partial charge in [-0.3, -0.25) is 9.59 Å². The van der Waals surface area contributed by atoms with Crippen molar-refractivity contribution in [1.29, 1.82) is 0 Å². The number of nitrogens with zero attached hydrogens (tertiary/aromatic N) is 1. The number of nitrogens with one attached hydrogen (secondary N) is 1. The fourth-order valence-corrected chi connectivity index (χ4v) is 3.14. The third kappa shape index (κ3) is 7.08. The second kappa shape index (κ2) is 10.3. The van der Waals surface area contributed by atoms with Gasteiger partial charge in [0.25, 0.3) is 0 Å². The van der Waals surface area contributed by atoms with Crippen molar-refractivity contribution in [2.75, 3.05) is 18.8 Å². The zero-order chi connectivity index (χ0) is 17.2. The summed E-state index contributed by atoms with van der Waals surface area (Å²) in [4.78, 5) is 27.1. The predicted octanol–water partition coefficient (Wildman–Crippen LogP) is 3.24. The SMILES string of the molecule is CCCCN(CC)C(=O)C(CSc1ccc(C)cc1)NC(C)=O. The molecule has 0 aliphatic carbocycles. The Labute approximate surface area is 144 Å². The van der Waals surface area contributed by atoms with Crippen molar-refractivity contribution in [2.24, 2.45) is 0 Å². The predicted molar refractivity (Wildman–Crippen MR) is 96.7 cm³/mol. The van der Waals surface area contributed by atoms with E-state index in [1.54, 1.807) is 11.8 Å². The van der Waals surface area contributed by atoms with Crippen molar-refractivity contribution >= 4 is 23.6 Å². The van der Waals surface area contributed by atoms with Crippen LogP contribution in [0.1, 0.15) is 39.2 Å². The normalized spacial score (nSPS) is 11.8. The van der Waals surface area contributed by atoms with Crippen LogP contribution in [0.15, 0.2) is 29.2 Å². The van der Waals surface area contributed by atoms with Crippen LogP contribution in [0.3, 0.4) is 0 Å². The molecule has 0 radical (unpaired) electrons. The van der Waals surface area contributed by atoms with Gasteiger partial charge in [0, 0.05) is 30.7 Å². The molecule has 128 valence electrons. The largest absolute Gasteiger partial charge is 0.344 e. The first-order valence-electron chi connectivity index (χ1n) is 8.23. The highest BCUT2D eigenvalue weighted by atomic mass is 32.2. The average molecular weight is 337 g/mol. The van der Waals surface area contributed by atoms with Gasteiger partial charge >= 0.3 is 0 Å². The minimum atomic E-state index is -0.476. The van der Waals surface area contributed by atoms with Crippen LogP contribution in [0.4, 0.5) is 0 Å². The van der Waals surface area contributed by atoms with Gasteiger partial charge in [-0.05, 0) is 32.4 Å². The number of benzene rings is 1. The van der Waals surface area contributed by atoms with E-state index in [9.17, 15) is 9.59 Å². The monoisotopic (exact) mass is 336 g/mol. The lowest BCUT2D eigenvalue weighted by atomic mass is 10.2. The van der Waals surface area contributed by atoms with E-state index in [1.807, 2.05) is 30.9 Å². The molecule has 0 saturated carbocycles. The molecule has 0 aromatic heterocycles. The van der Waals surface area contributed by atoms with E-state index in [1.165, 1.54) is 12.5 Å². The van der Waals surface area contributed by atoms with Gasteiger partial charge < -0.3 is 10.2 Å². The van der Waals surface area contributed by atoms with E-state index in [4.69, 9.17) is 0 Å². The number of carbonyl (C=O) groups is 2. The first-order valence-corrected chi connectivity index (χ1v) is 9.21. The van der Waals surface area contributed by atoms with Crippen molar-refractivity contribution in [1.82, 2.24) is 10.2 Å². The number of hydrogen-bond donors (Lipinski definition) is 1. The van der Waals surface area contributed by atoms with E-state index < -0.39 is 6.04 Å². The molecule has 0 spiro atoms. The lowest BCUT2D eigenvalue weighted by Gasteiger charge is -2.26. The molecule has 0 saturated heterocycles. The highest BCUT2D eigenvalue weighted by molar-refractivity contribution is 7.99. The Morgan fingerprint density at radius 3 is 2.39 bits per heavy atom. The minimum absolute atomic E-state index is 0.00996. The molecule has 0 aliphatic heterocycles. The number of hydrogen-bond acceptors (Lipinski definition) is 3. The lowest BCUT2D eigenvalue weighted by molar-refractivity contribution is -0.135. The smallest absolute Gasteiger partial charge is 0.246 e. The molecule has 4 nitrogen and oxygen atoms in total. The number of carbonyl (C=O) groups excluding carboxylic acids is 2. The third-order valence-electron chi connectivity index (χ3n) is 3.59. The minimum Gasteiger partial charge on any atom is -0.344 e. The molecule has 1 aromatic carbocycles. The van der Waals surface area contributed by atoms with Crippen LogP contribution < -0.4 is 5.32 Å². The van der Waals surface area contributed by atoms with Gasteiger partial charge in [0.05, 0.1) is 0 Å². The number of thioether (sulfide) groups is 1. The molecule has 0 bridgehead atoms. The van der Waals surface area contributed by atoms with Gasteiger partial charge in [-0.15, -0.1) is 11.8 Å². The molecule has 23 heavy (non-hydrogen) atoms. The zero-order valence-electron chi connectivity index (χ0n) is 14.6. The maximum Gasteiger partial charge on any atom is 0.246 e. The van der Waals surface area contributed by atoms with Crippen LogP contribution in [-0.2, 0) is 9.59 Å². The Balaban J connectivity index is 2.71. The van der Waals surface area contributed by atoms with E-state index in [0.717, 1.165) is 24.3 Å². The first kappa shape index (κ1) is 19.6. The number of unbranched alkanes of at least 4 members (excludes halogenated alkanes) is 1. The summed E-state index contributed by atoms with van der Waals surface area (Å²) in [5, 5.41) is 2.80. The van der Waals surface area contributed by atoms with Crippen molar-refractivity contribution in [3.05, 3.63) is 29.8 Å². The Bertz CT molecular complexity index is 502. The molecule has 0 fully saturated rings. The average Bonchev–Trinajstić information content (AvgIpc) is 2.53. The summed E-state index contributed by atoms with van der Waals surface area (Å²) < 4.78 is 0. The van der Waals surface area contributed by atoms with Crippen LogP contribution in [0.25, 0.3) is 0 Å². The standard InChI is InChI=1S/C18H28N2O2S/c1-5-7-12-20(6-2)18(22)17(19-15(4)21)13-23-16-10-8-14(3)9-11-16/h8-11,17H,5-7,12-13H2,1-4H3,(H,19,21). The van der Waals surface area contributed by atoms with E-state index in [0.29, 0.717) is 12.3 Å². The van der Waals surface area contributed by atoms with Gasteiger partial charge in [0.2, 0.25) is 11.8 Å². The van der Waals surface area contributed by atoms with Crippen molar-refractivity contribution in [3.63, 3.8) is 0 Å².